The van der Waals surface area contributed by atoms with Crippen LogP contribution >= 0.6 is 0 Å². The Morgan fingerprint density at radius 1 is 1.33 bits per heavy atom. The number of carbonyl (C=O) groups excluding carboxylic acids is 1. The molecule has 1 atom stereocenters. The van der Waals surface area contributed by atoms with E-state index in [9.17, 15) is 13.2 Å². The molecule has 0 aromatic heterocycles. The molecule has 27 heavy (non-hydrogen) atoms. The topological polar surface area (TPSA) is 90.9 Å². The third-order valence-corrected chi connectivity index (χ3v) is 6.54. The van der Waals surface area contributed by atoms with Gasteiger partial charge in [-0.15, -0.1) is 0 Å². The van der Waals surface area contributed by atoms with Crippen LogP contribution in [0.25, 0.3) is 0 Å². The van der Waals surface area contributed by atoms with Crippen molar-refractivity contribution in [3.63, 3.8) is 0 Å². The summed E-state index contributed by atoms with van der Waals surface area (Å²) < 4.78 is 27.1. The number of amides is 1. The molecular weight excluding hydrogens is 364 g/mol. The maximum absolute atomic E-state index is 12.9. The average molecular weight is 393 g/mol. The molecule has 7 nitrogen and oxygen atoms in total. The number of hydrogen-bond donors (Lipinski definition) is 2. The van der Waals surface area contributed by atoms with Gasteiger partial charge in [0.2, 0.25) is 5.91 Å². The summed E-state index contributed by atoms with van der Waals surface area (Å²) in [7, 11) is -1.52. The summed E-state index contributed by atoms with van der Waals surface area (Å²) in [6, 6.07) is 6.30. The molecule has 8 heteroatoms. The summed E-state index contributed by atoms with van der Waals surface area (Å²) in [5, 5.41) is 3.12. The summed E-state index contributed by atoms with van der Waals surface area (Å²) in [6.07, 6.45) is 4.26. The molecule has 1 unspecified atom stereocenters. The van der Waals surface area contributed by atoms with Gasteiger partial charge in [-0.2, -0.15) is 0 Å². The van der Waals surface area contributed by atoms with E-state index in [0.29, 0.717) is 12.0 Å². The van der Waals surface area contributed by atoms with Crippen LogP contribution in [0.1, 0.15) is 44.6 Å². The van der Waals surface area contributed by atoms with Crippen LogP contribution in [0.4, 0.5) is 0 Å². The zero-order chi connectivity index (χ0) is 19.4. The minimum Gasteiger partial charge on any atom is -0.351 e. The first kappa shape index (κ1) is 19.8. The van der Waals surface area contributed by atoms with Crippen LogP contribution in [-0.2, 0) is 14.8 Å². The van der Waals surface area contributed by atoms with E-state index in [4.69, 9.17) is 0 Å². The Balaban J connectivity index is 1.79. The molecule has 1 saturated heterocycles. The van der Waals surface area contributed by atoms with Crippen LogP contribution in [0.15, 0.2) is 34.2 Å². The molecule has 0 saturated carbocycles. The van der Waals surface area contributed by atoms with Crippen molar-refractivity contribution in [1.82, 2.24) is 14.9 Å². The summed E-state index contributed by atoms with van der Waals surface area (Å²) in [4.78, 5) is 19.9. The number of benzene rings is 1. The molecule has 2 N–H and O–H groups in total. The number of rotatable bonds is 6. The minimum atomic E-state index is -3.60. The van der Waals surface area contributed by atoms with Gasteiger partial charge in [-0.25, -0.2) is 8.42 Å². The lowest BCUT2D eigenvalue weighted by Crippen LogP contribution is -2.46. The van der Waals surface area contributed by atoms with E-state index < -0.39 is 16.1 Å². The van der Waals surface area contributed by atoms with Crippen molar-refractivity contribution in [3.8, 4) is 0 Å². The zero-order valence-corrected chi connectivity index (χ0v) is 16.8. The Bertz CT molecular complexity index is 814. The van der Waals surface area contributed by atoms with Crippen molar-refractivity contribution < 1.29 is 13.2 Å². The molecule has 2 aliphatic heterocycles. The lowest BCUT2D eigenvalue weighted by Gasteiger charge is -2.30. The van der Waals surface area contributed by atoms with Gasteiger partial charge in [0, 0.05) is 11.6 Å². The van der Waals surface area contributed by atoms with E-state index in [2.05, 4.69) is 33.9 Å². The van der Waals surface area contributed by atoms with E-state index in [1.165, 1.54) is 0 Å². The van der Waals surface area contributed by atoms with Gasteiger partial charge >= 0.3 is 0 Å². The normalized spacial score (nSPS) is 22.2. The fourth-order valence-electron chi connectivity index (χ4n) is 3.49. The van der Waals surface area contributed by atoms with Crippen molar-refractivity contribution in [2.24, 2.45) is 4.99 Å². The average Bonchev–Trinajstić information content (AvgIpc) is 2.91. The summed E-state index contributed by atoms with van der Waals surface area (Å²) in [5.41, 5.74) is 0.533. The third-order valence-electron chi connectivity index (χ3n) is 5.15. The van der Waals surface area contributed by atoms with E-state index in [-0.39, 0.29) is 22.7 Å². The SMILES string of the molecule is CCCCC(N=C1NS(=O)(=O)c2ccccc21)C(=O)NC1CCN(C)CC1. The van der Waals surface area contributed by atoms with Crippen molar-refractivity contribution in [3.05, 3.63) is 29.8 Å². The van der Waals surface area contributed by atoms with E-state index in [1.807, 2.05) is 0 Å². The first-order valence-corrected chi connectivity index (χ1v) is 11.1. The van der Waals surface area contributed by atoms with Crippen molar-refractivity contribution in [2.75, 3.05) is 20.1 Å². The van der Waals surface area contributed by atoms with Gasteiger partial charge in [-0.3, -0.25) is 14.5 Å². The van der Waals surface area contributed by atoms with Crippen LogP contribution in [0.2, 0.25) is 0 Å². The Morgan fingerprint density at radius 3 is 2.74 bits per heavy atom. The fourth-order valence-corrected chi connectivity index (χ4v) is 4.73. The number of nitrogens with one attached hydrogen (secondary N) is 2. The second-order valence-corrected chi connectivity index (χ2v) is 8.97. The van der Waals surface area contributed by atoms with Crippen molar-refractivity contribution >= 4 is 21.8 Å². The lowest BCUT2D eigenvalue weighted by molar-refractivity contribution is -0.123. The fraction of sp³-hybridized carbons (Fsp3) is 0.579. The first-order valence-electron chi connectivity index (χ1n) is 9.59. The van der Waals surface area contributed by atoms with Crippen molar-refractivity contribution in [1.29, 1.82) is 0 Å². The number of aliphatic imine (C=N–C) groups is 1. The third kappa shape index (κ3) is 4.68. The van der Waals surface area contributed by atoms with Crippen LogP contribution < -0.4 is 10.0 Å². The molecule has 0 spiro atoms. The molecule has 0 radical (unpaired) electrons. The lowest BCUT2D eigenvalue weighted by atomic mass is 10.0. The van der Waals surface area contributed by atoms with Crippen LogP contribution in [0.3, 0.4) is 0 Å². The standard InChI is InChI=1S/C19H28N4O3S/c1-3-4-8-16(19(24)20-14-10-12-23(2)13-11-14)21-18-15-7-5-6-9-17(15)27(25,26)22-18/h5-7,9,14,16H,3-4,8,10-13H2,1-2H3,(H,20,24)(H,21,22). The second kappa shape index (κ2) is 8.39. The molecule has 1 fully saturated rings. The molecule has 2 aliphatic rings. The highest BCUT2D eigenvalue weighted by Gasteiger charge is 2.32. The number of nitrogens with zero attached hydrogens (tertiary/aromatic N) is 2. The number of carbonyl (C=O) groups is 1. The largest absolute Gasteiger partial charge is 0.351 e. The Hall–Kier alpha value is -1.93. The van der Waals surface area contributed by atoms with Gasteiger partial charge in [0.15, 0.2) is 0 Å². The molecule has 1 amide bonds. The molecule has 1 aromatic rings. The van der Waals surface area contributed by atoms with Gasteiger partial charge in [-0.05, 0) is 51.5 Å². The predicted octanol–water partition coefficient (Wildman–Crippen LogP) is 1.49. The number of likely N-dealkylation sites (tertiary alicyclic amines) is 1. The number of fused-ring (bicyclic) bond motifs is 1. The molecule has 3 rings (SSSR count). The highest BCUT2D eigenvalue weighted by molar-refractivity contribution is 7.90. The number of sulfonamides is 1. The molecule has 1 aromatic carbocycles. The molecule has 2 heterocycles. The predicted molar refractivity (Wildman–Crippen MR) is 105 cm³/mol. The van der Waals surface area contributed by atoms with Gasteiger partial charge < -0.3 is 10.2 Å². The van der Waals surface area contributed by atoms with Gasteiger partial charge in [-0.1, -0.05) is 31.9 Å². The maximum atomic E-state index is 12.9. The smallest absolute Gasteiger partial charge is 0.263 e. The van der Waals surface area contributed by atoms with Gasteiger partial charge in [0.1, 0.15) is 11.9 Å². The van der Waals surface area contributed by atoms with Gasteiger partial charge in [0.25, 0.3) is 10.0 Å². The Morgan fingerprint density at radius 2 is 2.04 bits per heavy atom. The van der Waals surface area contributed by atoms with Crippen molar-refractivity contribution in [2.45, 2.75) is 56.0 Å². The van der Waals surface area contributed by atoms with E-state index >= 15 is 0 Å². The molecule has 148 valence electrons. The minimum absolute atomic E-state index is 0.117. The summed E-state index contributed by atoms with van der Waals surface area (Å²) in [5.74, 6) is 0.152. The Labute approximate surface area is 161 Å². The maximum Gasteiger partial charge on any atom is 0.263 e. The number of amidine groups is 1. The molecule has 0 bridgehead atoms. The number of hydrogen-bond acceptors (Lipinski definition) is 5. The second-order valence-electron chi connectivity index (χ2n) is 7.32. The summed E-state index contributed by atoms with van der Waals surface area (Å²) in [6.45, 7) is 3.99. The number of unbranched alkanes of at least 4 members (excludes halogenated alkanes) is 1. The van der Waals surface area contributed by atoms with E-state index in [1.54, 1.807) is 24.3 Å². The van der Waals surface area contributed by atoms with Crippen LogP contribution in [0, 0.1) is 0 Å². The highest BCUT2D eigenvalue weighted by Crippen LogP contribution is 2.23. The quantitative estimate of drug-likeness (QED) is 0.767. The molecule has 0 aliphatic carbocycles. The first-order chi connectivity index (χ1) is 12.9. The highest BCUT2D eigenvalue weighted by atomic mass is 32.2. The number of piperidine rings is 1. The Kier molecular flexibility index (Phi) is 6.16. The van der Waals surface area contributed by atoms with Crippen LogP contribution in [0.5, 0.6) is 0 Å². The zero-order valence-electron chi connectivity index (χ0n) is 15.9. The monoisotopic (exact) mass is 392 g/mol. The van der Waals surface area contributed by atoms with E-state index in [0.717, 1.165) is 38.8 Å². The summed E-state index contributed by atoms with van der Waals surface area (Å²) >= 11 is 0. The van der Waals surface area contributed by atoms with Crippen LogP contribution in [-0.4, -0.2) is 57.3 Å². The molecular formula is C19H28N4O3S. The van der Waals surface area contributed by atoms with Gasteiger partial charge in [0.05, 0.1) is 4.90 Å².